The number of hydrogen-bond donors (Lipinski definition) is 1. The number of carbonyl (C=O) groups is 3. The molecule has 1 rings (SSSR count). The molecule has 1 heterocycles. The first-order valence-electron chi connectivity index (χ1n) is 5.43. The summed E-state index contributed by atoms with van der Waals surface area (Å²) in [5.41, 5.74) is 0. The fraction of sp³-hybridized carbons (Fsp3) is 0.700. The Morgan fingerprint density at radius 3 is 2.31 bits per heavy atom. The summed E-state index contributed by atoms with van der Waals surface area (Å²) >= 11 is 0. The Kier molecular flexibility index (Phi) is 4.42. The number of amides is 4. The highest BCUT2D eigenvalue weighted by Crippen LogP contribution is 2.09. The van der Waals surface area contributed by atoms with Gasteiger partial charge in [0, 0.05) is 13.6 Å². The average Bonchev–Trinajstić information content (AvgIpc) is 2.46. The van der Waals surface area contributed by atoms with Crippen molar-refractivity contribution in [1.82, 2.24) is 15.1 Å². The summed E-state index contributed by atoms with van der Waals surface area (Å²) in [6.07, 6.45) is 1.71. The molecular formula is C10H17N3O3. The topological polar surface area (TPSA) is 69.7 Å². The molecule has 1 aliphatic rings. The minimum atomic E-state index is -0.744. The summed E-state index contributed by atoms with van der Waals surface area (Å²) in [5, 5.41) is 3.16. The van der Waals surface area contributed by atoms with Crippen LogP contribution in [0.2, 0.25) is 0 Å². The van der Waals surface area contributed by atoms with E-state index in [0.717, 1.165) is 29.3 Å². The Bertz CT molecular complexity index is 304. The van der Waals surface area contributed by atoms with Gasteiger partial charge in [0.15, 0.2) is 0 Å². The molecule has 0 aromatic heterocycles. The molecule has 1 saturated heterocycles. The van der Waals surface area contributed by atoms with E-state index in [0.29, 0.717) is 13.0 Å². The molecule has 6 heteroatoms. The fourth-order valence-corrected chi connectivity index (χ4v) is 1.47. The first kappa shape index (κ1) is 12.6. The number of hydrogen-bond acceptors (Lipinski definition) is 4. The normalized spacial score (nSPS) is 16.5. The third kappa shape index (κ3) is 2.57. The smallest absolute Gasteiger partial charge is 0.317 e. The van der Waals surface area contributed by atoms with Crippen LogP contribution in [0, 0.1) is 0 Å². The second-order valence-electron chi connectivity index (χ2n) is 3.71. The molecule has 6 nitrogen and oxygen atoms in total. The van der Waals surface area contributed by atoms with Gasteiger partial charge in [-0.3, -0.25) is 19.4 Å². The minimum Gasteiger partial charge on any atom is -0.317 e. The van der Waals surface area contributed by atoms with Gasteiger partial charge in [0.1, 0.15) is 0 Å². The van der Waals surface area contributed by atoms with Crippen LogP contribution in [-0.4, -0.2) is 54.3 Å². The van der Waals surface area contributed by atoms with Crippen molar-refractivity contribution < 1.29 is 14.4 Å². The van der Waals surface area contributed by atoms with Crippen molar-refractivity contribution in [2.24, 2.45) is 0 Å². The number of nitrogens with zero attached hydrogens (tertiary/aromatic N) is 2. The predicted octanol–water partition coefficient (Wildman–Crippen LogP) is -0.203. The molecule has 0 aliphatic carbocycles. The molecule has 0 aromatic carbocycles. The van der Waals surface area contributed by atoms with E-state index < -0.39 is 17.8 Å². The van der Waals surface area contributed by atoms with Gasteiger partial charge in [-0.1, -0.05) is 6.92 Å². The Balaban J connectivity index is 2.35. The van der Waals surface area contributed by atoms with E-state index in [9.17, 15) is 14.4 Å². The lowest BCUT2D eigenvalue weighted by molar-refractivity contribution is -0.142. The molecular weight excluding hydrogens is 210 g/mol. The Morgan fingerprint density at radius 2 is 1.81 bits per heavy atom. The third-order valence-electron chi connectivity index (χ3n) is 2.41. The molecule has 0 bridgehead atoms. The van der Waals surface area contributed by atoms with Crippen molar-refractivity contribution in [3.8, 4) is 0 Å². The highest BCUT2D eigenvalue weighted by atomic mass is 16.2. The molecule has 0 spiro atoms. The maximum Gasteiger partial charge on any atom is 0.333 e. The zero-order valence-electron chi connectivity index (χ0n) is 9.65. The molecule has 1 N–H and O–H groups in total. The quantitative estimate of drug-likeness (QED) is 0.387. The second kappa shape index (κ2) is 5.60. The third-order valence-corrected chi connectivity index (χ3v) is 2.41. The first-order valence-corrected chi connectivity index (χ1v) is 5.43. The van der Waals surface area contributed by atoms with E-state index in [1.54, 1.807) is 0 Å². The Morgan fingerprint density at radius 1 is 1.12 bits per heavy atom. The van der Waals surface area contributed by atoms with Gasteiger partial charge < -0.3 is 5.32 Å². The molecule has 0 aromatic rings. The van der Waals surface area contributed by atoms with Crippen molar-refractivity contribution in [2.75, 3.05) is 26.7 Å². The van der Waals surface area contributed by atoms with Crippen LogP contribution in [-0.2, 0) is 9.59 Å². The van der Waals surface area contributed by atoms with Crippen LogP contribution in [0.1, 0.15) is 19.8 Å². The maximum atomic E-state index is 11.4. The fourth-order valence-electron chi connectivity index (χ4n) is 1.47. The highest BCUT2D eigenvalue weighted by molar-refractivity contribution is 6.44. The lowest BCUT2D eigenvalue weighted by Gasteiger charge is -2.12. The molecule has 4 amide bonds. The standard InChI is InChI=1S/C10H17N3O3/c1-3-5-11-6-4-7-13-9(15)8(14)12(2)10(13)16/h11H,3-7H2,1-2H3. The van der Waals surface area contributed by atoms with Crippen molar-refractivity contribution in [2.45, 2.75) is 19.8 Å². The van der Waals surface area contributed by atoms with Crippen LogP contribution in [0.5, 0.6) is 0 Å². The van der Waals surface area contributed by atoms with Crippen molar-refractivity contribution in [3.05, 3.63) is 0 Å². The minimum absolute atomic E-state index is 0.296. The van der Waals surface area contributed by atoms with E-state index in [1.807, 2.05) is 0 Å². The van der Waals surface area contributed by atoms with Crippen molar-refractivity contribution >= 4 is 17.8 Å². The van der Waals surface area contributed by atoms with E-state index >= 15 is 0 Å². The average molecular weight is 227 g/mol. The number of rotatable bonds is 6. The van der Waals surface area contributed by atoms with Gasteiger partial charge in [-0.25, -0.2) is 4.79 Å². The van der Waals surface area contributed by atoms with Gasteiger partial charge in [-0.05, 0) is 25.9 Å². The first-order chi connectivity index (χ1) is 7.59. The lowest BCUT2D eigenvalue weighted by Crippen LogP contribution is -2.34. The van der Waals surface area contributed by atoms with E-state index in [1.165, 1.54) is 7.05 Å². The Labute approximate surface area is 94.6 Å². The summed E-state index contributed by atoms with van der Waals surface area (Å²) in [6.45, 7) is 4.02. The molecule has 1 fully saturated rings. The zero-order chi connectivity index (χ0) is 12.1. The van der Waals surface area contributed by atoms with Crippen LogP contribution in [0.25, 0.3) is 0 Å². The number of urea groups is 1. The summed E-state index contributed by atoms with van der Waals surface area (Å²) < 4.78 is 0. The highest BCUT2D eigenvalue weighted by Gasteiger charge is 2.41. The molecule has 0 atom stereocenters. The van der Waals surface area contributed by atoms with Crippen LogP contribution in [0.4, 0.5) is 4.79 Å². The molecule has 0 unspecified atom stereocenters. The number of likely N-dealkylation sites (N-methyl/N-ethyl adjacent to an activating group) is 1. The van der Waals surface area contributed by atoms with Gasteiger partial charge >= 0.3 is 17.8 Å². The molecule has 16 heavy (non-hydrogen) atoms. The lowest BCUT2D eigenvalue weighted by atomic mass is 10.3. The number of nitrogens with one attached hydrogen (secondary N) is 1. The van der Waals surface area contributed by atoms with Gasteiger partial charge in [-0.15, -0.1) is 0 Å². The van der Waals surface area contributed by atoms with E-state index in [4.69, 9.17) is 0 Å². The van der Waals surface area contributed by atoms with Crippen LogP contribution in [0.3, 0.4) is 0 Å². The van der Waals surface area contributed by atoms with E-state index in [2.05, 4.69) is 12.2 Å². The molecule has 0 saturated carbocycles. The number of imide groups is 2. The molecule has 0 radical (unpaired) electrons. The van der Waals surface area contributed by atoms with Crippen LogP contribution >= 0.6 is 0 Å². The maximum absolute atomic E-state index is 11.4. The van der Waals surface area contributed by atoms with Crippen molar-refractivity contribution in [1.29, 1.82) is 0 Å². The van der Waals surface area contributed by atoms with Crippen molar-refractivity contribution in [3.63, 3.8) is 0 Å². The summed E-state index contributed by atoms with van der Waals surface area (Å²) in [7, 11) is 1.32. The molecule has 90 valence electrons. The van der Waals surface area contributed by atoms with Gasteiger partial charge in [0.25, 0.3) is 0 Å². The molecule has 1 aliphatic heterocycles. The largest absolute Gasteiger partial charge is 0.333 e. The monoisotopic (exact) mass is 227 g/mol. The summed E-state index contributed by atoms with van der Waals surface area (Å²) in [5.74, 6) is -1.46. The van der Waals surface area contributed by atoms with Gasteiger partial charge in [-0.2, -0.15) is 0 Å². The summed E-state index contributed by atoms with van der Waals surface area (Å²) in [6, 6.07) is -0.523. The van der Waals surface area contributed by atoms with Crippen LogP contribution in [0.15, 0.2) is 0 Å². The summed E-state index contributed by atoms with van der Waals surface area (Å²) in [4.78, 5) is 35.8. The second-order valence-corrected chi connectivity index (χ2v) is 3.71. The van der Waals surface area contributed by atoms with Crippen LogP contribution < -0.4 is 5.32 Å². The zero-order valence-corrected chi connectivity index (χ0v) is 9.65. The van der Waals surface area contributed by atoms with Gasteiger partial charge in [0.2, 0.25) is 0 Å². The SMILES string of the molecule is CCCNCCCN1C(=O)C(=O)N(C)C1=O. The Hall–Kier alpha value is -1.43. The predicted molar refractivity (Wildman–Crippen MR) is 57.7 cm³/mol. The number of carbonyl (C=O) groups excluding carboxylic acids is 3. The van der Waals surface area contributed by atoms with E-state index in [-0.39, 0.29) is 0 Å². The van der Waals surface area contributed by atoms with Gasteiger partial charge in [0.05, 0.1) is 0 Å².